The molecule has 22 heavy (non-hydrogen) atoms. The molecule has 0 aromatic carbocycles. The highest BCUT2D eigenvalue weighted by molar-refractivity contribution is 5.76. The van der Waals surface area contributed by atoms with E-state index in [1.165, 1.54) is 18.6 Å². The van der Waals surface area contributed by atoms with Crippen molar-refractivity contribution in [3.05, 3.63) is 28.7 Å². The Kier molecular flexibility index (Phi) is 5.19. The molecule has 0 unspecified atom stereocenters. The predicted molar refractivity (Wildman–Crippen MR) is 80.7 cm³/mol. The summed E-state index contributed by atoms with van der Waals surface area (Å²) in [7, 11) is 1.42. The number of nitrogens with zero attached hydrogens (tertiary/aromatic N) is 3. The molecule has 1 saturated heterocycles. The highest BCUT2D eigenvalue weighted by Crippen LogP contribution is 2.06. The number of rotatable bonds is 3. The molecule has 2 heterocycles. The minimum atomic E-state index is -0.321. The average Bonchev–Trinajstić information content (AvgIpc) is 2.75. The van der Waals surface area contributed by atoms with Crippen LogP contribution in [-0.2, 0) is 16.1 Å². The summed E-state index contributed by atoms with van der Waals surface area (Å²) in [6.45, 7) is 3.81. The minimum Gasteiger partial charge on any atom is -0.491 e. The van der Waals surface area contributed by atoms with Crippen LogP contribution in [0.1, 0.15) is 13.3 Å². The van der Waals surface area contributed by atoms with E-state index in [0.29, 0.717) is 26.2 Å². The van der Waals surface area contributed by atoms with Gasteiger partial charge in [0.1, 0.15) is 6.54 Å². The van der Waals surface area contributed by atoms with Gasteiger partial charge in [-0.3, -0.25) is 14.4 Å². The predicted octanol–water partition coefficient (Wildman–Crippen LogP) is -0.0623. The van der Waals surface area contributed by atoms with Gasteiger partial charge in [0.05, 0.1) is 7.11 Å². The van der Waals surface area contributed by atoms with Crippen molar-refractivity contribution in [3.63, 3.8) is 0 Å². The third-order valence-electron chi connectivity index (χ3n) is 3.80. The highest BCUT2D eigenvalue weighted by atomic mass is 16.5. The molecule has 0 N–H and O–H groups in total. The van der Waals surface area contributed by atoms with Crippen LogP contribution in [0, 0.1) is 0 Å². The van der Waals surface area contributed by atoms with Gasteiger partial charge in [-0.05, 0) is 18.6 Å². The molecule has 0 bridgehead atoms. The van der Waals surface area contributed by atoms with E-state index in [-0.39, 0.29) is 29.7 Å². The third kappa shape index (κ3) is 3.66. The number of methoxy groups -OCH3 is 1. The normalized spacial score (nSPS) is 15.4. The summed E-state index contributed by atoms with van der Waals surface area (Å²) in [4.78, 5) is 39.3. The molecule has 0 spiro atoms. The molecule has 0 aliphatic carbocycles. The molecule has 1 aromatic heterocycles. The van der Waals surface area contributed by atoms with Crippen molar-refractivity contribution in [1.29, 1.82) is 0 Å². The maximum Gasteiger partial charge on any atom is 0.293 e. The summed E-state index contributed by atoms with van der Waals surface area (Å²) in [5, 5.41) is 0. The number of carbonyl (C=O) groups excluding carboxylic acids is 2. The molecule has 2 amide bonds. The second-order valence-electron chi connectivity index (χ2n) is 5.25. The van der Waals surface area contributed by atoms with Crippen molar-refractivity contribution in [3.8, 4) is 5.75 Å². The topological polar surface area (TPSA) is 71.8 Å². The number of hydrogen-bond acceptors (Lipinski definition) is 4. The Morgan fingerprint density at radius 2 is 1.86 bits per heavy atom. The van der Waals surface area contributed by atoms with Crippen molar-refractivity contribution >= 4 is 11.8 Å². The first-order valence-corrected chi connectivity index (χ1v) is 7.29. The van der Waals surface area contributed by atoms with Gasteiger partial charge in [0.2, 0.25) is 11.8 Å². The second kappa shape index (κ2) is 7.11. The van der Waals surface area contributed by atoms with Crippen LogP contribution < -0.4 is 10.3 Å². The molecule has 1 fully saturated rings. The van der Waals surface area contributed by atoms with Gasteiger partial charge in [-0.1, -0.05) is 0 Å². The van der Waals surface area contributed by atoms with Crippen LogP contribution in [0.5, 0.6) is 5.75 Å². The van der Waals surface area contributed by atoms with Crippen molar-refractivity contribution in [2.45, 2.75) is 19.9 Å². The number of aromatic nitrogens is 1. The van der Waals surface area contributed by atoms with E-state index in [0.717, 1.165) is 6.42 Å². The SMILES string of the molecule is COc1cccn(CC(=O)N2CCCN(C(C)=O)CC2)c1=O. The fourth-order valence-electron chi connectivity index (χ4n) is 2.52. The molecule has 1 aliphatic heterocycles. The number of carbonyl (C=O) groups is 2. The van der Waals surface area contributed by atoms with E-state index in [9.17, 15) is 14.4 Å². The number of ether oxygens (including phenoxy) is 1. The largest absolute Gasteiger partial charge is 0.491 e. The summed E-state index contributed by atoms with van der Waals surface area (Å²) in [6, 6.07) is 3.24. The van der Waals surface area contributed by atoms with Gasteiger partial charge in [0, 0.05) is 39.3 Å². The Morgan fingerprint density at radius 3 is 2.55 bits per heavy atom. The van der Waals surface area contributed by atoms with E-state index >= 15 is 0 Å². The molecule has 2 rings (SSSR count). The van der Waals surface area contributed by atoms with E-state index < -0.39 is 0 Å². The summed E-state index contributed by atoms with van der Waals surface area (Å²) in [5.74, 6) is 0.119. The van der Waals surface area contributed by atoms with Crippen molar-refractivity contribution < 1.29 is 14.3 Å². The first-order valence-electron chi connectivity index (χ1n) is 7.29. The average molecular weight is 307 g/mol. The summed E-state index contributed by atoms with van der Waals surface area (Å²) in [5.41, 5.74) is -0.321. The molecule has 0 saturated carbocycles. The van der Waals surface area contributed by atoms with Gasteiger partial charge in [-0.15, -0.1) is 0 Å². The minimum absolute atomic E-state index is 0.0178. The molecule has 120 valence electrons. The lowest BCUT2D eigenvalue weighted by molar-refractivity contribution is -0.133. The Morgan fingerprint density at radius 1 is 1.18 bits per heavy atom. The fraction of sp³-hybridized carbons (Fsp3) is 0.533. The van der Waals surface area contributed by atoms with E-state index in [1.54, 1.807) is 28.1 Å². The third-order valence-corrected chi connectivity index (χ3v) is 3.80. The van der Waals surface area contributed by atoms with Gasteiger partial charge in [0.15, 0.2) is 5.75 Å². The Balaban J connectivity index is 2.03. The first-order chi connectivity index (χ1) is 10.5. The second-order valence-corrected chi connectivity index (χ2v) is 5.25. The Bertz CT molecular complexity index is 611. The van der Waals surface area contributed by atoms with Crippen LogP contribution in [0.25, 0.3) is 0 Å². The van der Waals surface area contributed by atoms with Crippen LogP contribution in [-0.4, -0.2) is 59.5 Å². The zero-order chi connectivity index (χ0) is 16.1. The lowest BCUT2D eigenvalue weighted by atomic mass is 10.3. The maximum absolute atomic E-state index is 12.4. The van der Waals surface area contributed by atoms with Gasteiger partial charge in [0.25, 0.3) is 5.56 Å². The van der Waals surface area contributed by atoms with Crippen molar-refractivity contribution in [1.82, 2.24) is 14.4 Å². The summed E-state index contributed by atoms with van der Waals surface area (Å²) >= 11 is 0. The number of hydrogen-bond donors (Lipinski definition) is 0. The molecule has 7 nitrogen and oxygen atoms in total. The fourth-order valence-corrected chi connectivity index (χ4v) is 2.52. The lowest BCUT2D eigenvalue weighted by Crippen LogP contribution is -2.39. The number of pyridine rings is 1. The van der Waals surface area contributed by atoms with Gasteiger partial charge < -0.3 is 19.1 Å². The zero-order valence-corrected chi connectivity index (χ0v) is 12.9. The van der Waals surface area contributed by atoms with E-state index in [2.05, 4.69) is 0 Å². The van der Waals surface area contributed by atoms with Crippen LogP contribution in [0.2, 0.25) is 0 Å². The van der Waals surface area contributed by atoms with Gasteiger partial charge in [-0.2, -0.15) is 0 Å². The molecule has 0 atom stereocenters. The summed E-state index contributed by atoms with van der Waals surface area (Å²) in [6.07, 6.45) is 2.32. The van der Waals surface area contributed by atoms with Crippen LogP contribution in [0.3, 0.4) is 0 Å². The molecular formula is C15H21N3O4. The molecule has 7 heteroatoms. The zero-order valence-electron chi connectivity index (χ0n) is 12.9. The van der Waals surface area contributed by atoms with E-state index in [1.807, 2.05) is 0 Å². The summed E-state index contributed by atoms with van der Waals surface area (Å²) < 4.78 is 6.31. The van der Waals surface area contributed by atoms with Crippen molar-refractivity contribution in [2.75, 3.05) is 33.3 Å². The van der Waals surface area contributed by atoms with Crippen LogP contribution in [0.4, 0.5) is 0 Å². The quantitative estimate of drug-likeness (QED) is 0.784. The monoisotopic (exact) mass is 307 g/mol. The smallest absolute Gasteiger partial charge is 0.293 e. The van der Waals surface area contributed by atoms with Gasteiger partial charge >= 0.3 is 0 Å². The van der Waals surface area contributed by atoms with Crippen LogP contribution >= 0.6 is 0 Å². The Hall–Kier alpha value is -2.31. The molecule has 1 aromatic rings. The van der Waals surface area contributed by atoms with Crippen molar-refractivity contribution in [2.24, 2.45) is 0 Å². The number of amides is 2. The van der Waals surface area contributed by atoms with Crippen LogP contribution in [0.15, 0.2) is 23.1 Å². The molecule has 0 radical (unpaired) electrons. The Labute approximate surface area is 129 Å². The standard InChI is InChI=1S/C15H21N3O4/c1-12(19)16-7-4-8-17(10-9-16)14(20)11-18-6-3-5-13(22-2)15(18)21/h3,5-6H,4,7-11H2,1-2H3. The molecular weight excluding hydrogens is 286 g/mol. The van der Waals surface area contributed by atoms with E-state index in [4.69, 9.17) is 4.74 Å². The van der Waals surface area contributed by atoms with Gasteiger partial charge in [-0.25, -0.2) is 0 Å². The first kappa shape index (κ1) is 16.1. The highest BCUT2D eigenvalue weighted by Gasteiger charge is 2.20. The lowest BCUT2D eigenvalue weighted by Gasteiger charge is -2.21. The molecule has 1 aliphatic rings. The maximum atomic E-state index is 12.4.